The summed E-state index contributed by atoms with van der Waals surface area (Å²) in [5.74, 6) is 2.64. The lowest BCUT2D eigenvalue weighted by molar-refractivity contribution is 0.918. The summed E-state index contributed by atoms with van der Waals surface area (Å²) in [6, 6.07) is 10.2. The van der Waals surface area contributed by atoms with Crippen LogP contribution in [0.25, 0.3) is 0 Å². The van der Waals surface area contributed by atoms with Crippen LogP contribution in [0.2, 0.25) is 0 Å². The summed E-state index contributed by atoms with van der Waals surface area (Å²) in [7, 11) is 0. The fourth-order valence-electron chi connectivity index (χ4n) is 1.13. The monoisotopic (exact) mass is 159 g/mol. The Morgan fingerprint density at radius 1 is 1.33 bits per heavy atom. The molecule has 0 unspecified atom stereocenters. The van der Waals surface area contributed by atoms with Gasteiger partial charge in [-0.25, -0.2) is 0 Å². The van der Waals surface area contributed by atoms with E-state index >= 15 is 0 Å². The van der Waals surface area contributed by atoms with Crippen LogP contribution in [0, 0.1) is 12.3 Å². The SMILES string of the molecule is C#CCN(CC)c1ccccc1. The van der Waals surface area contributed by atoms with Crippen LogP contribution in [0.4, 0.5) is 5.69 Å². The molecule has 0 bridgehead atoms. The number of hydrogen-bond acceptors (Lipinski definition) is 1. The normalized spacial score (nSPS) is 9.00. The summed E-state index contributed by atoms with van der Waals surface area (Å²) in [6.45, 7) is 3.74. The van der Waals surface area contributed by atoms with Crippen molar-refractivity contribution in [3.8, 4) is 12.3 Å². The molecule has 0 aliphatic rings. The van der Waals surface area contributed by atoms with Crippen molar-refractivity contribution in [1.82, 2.24) is 0 Å². The summed E-state index contributed by atoms with van der Waals surface area (Å²) < 4.78 is 0. The van der Waals surface area contributed by atoms with Crippen LogP contribution in [0.15, 0.2) is 30.3 Å². The lowest BCUT2D eigenvalue weighted by atomic mass is 10.3. The van der Waals surface area contributed by atoms with E-state index in [0.29, 0.717) is 6.54 Å². The summed E-state index contributed by atoms with van der Waals surface area (Å²) in [6.07, 6.45) is 5.25. The Hall–Kier alpha value is -1.42. The van der Waals surface area contributed by atoms with Crippen LogP contribution in [0.1, 0.15) is 6.92 Å². The van der Waals surface area contributed by atoms with Crippen LogP contribution in [-0.4, -0.2) is 13.1 Å². The third-order valence-electron chi connectivity index (χ3n) is 1.79. The second-order valence-electron chi connectivity index (χ2n) is 2.55. The summed E-state index contributed by atoms with van der Waals surface area (Å²) in [5, 5.41) is 0. The standard InChI is InChI=1S/C11H13N/c1-3-10-12(4-2)11-8-6-5-7-9-11/h1,5-9H,4,10H2,2H3. The van der Waals surface area contributed by atoms with Crippen molar-refractivity contribution in [3.63, 3.8) is 0 Å². The molecule has 0 fully saturated rings. The molecule has 0 aliphatic heterocycles. The third kappa shape index (κ3) is 2.03. The molecule has 0 saturated heterocycles. The van der Waals surface area contributed by atoms with E-state index in [9.17, 15) is 0 Å². The smallest absolute Gasteiger partial charge is 0.0791 e. The van der Waals surface area contributed by atoms with Gasteiger partial charge in [0.15, 0.2) is 0 Å². The molecule has 0 N–H and O–H groups in total. The molecular formula is C11H13N. The molecule has 1 aromatic rings. The third-order valence-corrected chi connectivity index (χ3v) is 1.79. The lowest BCUT2D eigenvalue weighted by Crippen LogP contribution is -2.22. The van der Waals surface area contributed by atoms with Gasteiger partial charge in [-0.2, -0.15) is 0 Å². The van der Waals surface area contributed by atoms with Gasteiger partial charge in [-0.3, -0.25) is 0 Å². The highest BCUT2D eigenvalue weighted by Crippen LogP contribution is 2.11. The Morgan fingerprint density at radius 2 is 2.00 bits per heavy atom. The highest BCUT2D eigenvalue weighted by atomic mass is 15.1. The van der Waals surface area contributed by atoms with Crippen molar-refractivity contribution >= 4 is 5.69 Å². The van der Waals surface area contributed by atoms with Gasteiger partial charge in [0, 0.05) is 12.2 Å². The Morgan fingerprint density at radius 3 is 2.50 bits per heavy atom. The summed E-state index contributed by atoms with van der Waals surface area (Å²) in [4.78, 5) is 2.15. The number of hydrogen-bond donors (Lipinski definition) is 0. The average Bonchev–Trinajstić information content (AvgIpc) is 2.15. The molecule has 0 spiro atoms. The van der Waals surface area contributed by atoms with E-state index in [1.165, 1.54) is 5.69 Å². The number of para-hydroxylation sites is 1. The first kappa shape index (κ1) is 8.67. The number of benzene rings is 1. The minimum absolute atomic E-state index is 0.681. The van der Waals surface area contributed by atoms with E-state index < -0.39 is 0 Å². The van der Waals surface area contributed by atoms with Gasteiger partial charge in [0.1, 0.15) is 0 Å². The van der Waals surface area contributed by atoms with Gasteiger partial charge in [0.25, 0.3) is 0 Å². The maximum Gasteiger partial charge on any atom is 0.0791 e. The van der Waals surface area contributed by atoms with Crippen LogP contribution in [-0.2, 0) is 0 Å². The average molecular weight is 159 g/mol. The van der Waals surface area contributed by atoms with Crippen molar-refractivity contribution < 1.29 is 0 Å². The molecule has 1 heteroatoms. The molecule has 0 radical (unpaired) electrons. The highest BCUT2D eigenvalue weighted by Gasteiger charge is 1.98. The number of anilines is 1. The zero-order valence-electron chi connectivity index (χ0n) is 7.33. The van der Waals surface area contributed by atoms with Crippen LogP contribution < -0.4 is 4.90 Å². The van der Waals surface area contributed by atoms with Gasteiger partial charge in [0.05, 0.1) is 6.54 Å². The predicted octanol–water partition coefficient (Wildman–Crippen LogP) is 2.15. The van der Waals surface area contributed by atoms with Crippen LogP contribution in [0.3, 0.4) is 0 Å². The molecule has 0 heterocycles. The Bertz CT molecular complexity index is 258. The van der Waals surface area contributed by atoms with Crippen molar-refractivity contribution in [1.29, 1.82) is 0 Å². The molecule has 12 heavy (non-hydrogen) atoms. The van der Waals surface area contributed by atoms with Gasteiger partial charge < -0.3 is 4.90 Å². The molecule has 62 valence electrons. The minimum Gasteiger partial charge on any atom is -0.361 e. The fraction of sp³-hybridized carbons (Fsp3) is 0.273. The predicted molar refractivity (Wildman–Crippen MR) is 53.2 cm³/mol. The van der Waals surface area contributed by atoms with Crippen molar-refractivity contribution in [2.24, 2.45) is 0 Å². The first-order valence-electron chi connectivity index (χ1n) is 4.12. The fourth-order valence-corrected chi connectivity index (χ4v) is 1.13. The largest absolute Gasteiger partial charge is 0.361 e. The quantitative estimate of drug-likeness (QED) is 0.611. The van der Waals surface area contributed by atoms with E-state index in [4.69, 9.17) is 6.42 Å². The summed E-state index contributed by atoms with van der Waals surface area (Å²) in [5.41, 5.74) is 1.19. The van der Waals surface area contributed by atoms with Crippen LogP contribution >= 0.6 is 0 Å². The van der Waals surface area contributed by atoms with Gasteiger partial charge in [-0.15, -0.1) is 6.42 Å². The Kier molecular flexibility index (Phi) is 3.22. The van der Waals surface area contributed by atoms with E-state index in [1.54, 1.807) is 0 Å². The van der Waals surface area contributed by atoms with Crippen molar-refractivity contribution in [3.05, 3.63) is 30.3 Å². The Balaban J connectivity index is 2.75. The molecule has 0 atom stereocenters. The molecule has 1 aromatic carbocycles. The molecular weight excluding hydrogens is 146 g/mol. The van der Waals surface area contributed by atoms with Crippen LogP contribution in [0.5, 0.6) is 0 Å². The molecule has 1 nitrogen and oxygen atoms in total. The van der Waals surface area contributed by atoms with Gasteiger partial charge in [-0.1, -0.05) is 24.1 Å². The van der Waals surface area contributed by atoms with E-state index in [1.807, 2.05) is 18.2 Å². The summed E-state index contributed by atoms with van der Waals surface area (Å²) >= 11 is 0. The second-order valence-corrected chi connectivity index (χ2v) is 2.55. The van der Waals surface area contributed by atoms with E-state index in [0.717, 1.165) is 6.54 Å². The molecule has 0 saturated carbocycles. The molecule has 0 aliphatic carbocycles. The topological polar surface area (TPSA) is 3.24 Å². The maximum absolute atomic E-state index is 5.25. The molecule has 0 amide bonds. The van der Waals surface area contributed by atoms with Gasteiger partial charge >= 0.3 is 0 Å². The number of rotatable bonds is 3. The highest BCUT2D eigenvalue weighted by molar-refractivity contribution is 5.46. The zero-order valence-corrected chi connectivity index (χ0v) is 7.33. The molecule has 0 aromatic heterocycles. The maximum atomic E-state index is 5.25. The van der Waals surface area contributed by atoms with E-state index in [2.05, 4.69) is 29.9 Å². The lowest BCUT2D eigenvalue weighted by Gasteiger charge is -2.19. The minimum atomic E-state index is 0.681. The van der Waals surface area contributed by atoms with E-state index in [-0.39, 0.29) is 0 Å². The first-order chi connectivity index (χ1) is 5.88. The molecule has 1 rings (SSSR count). The number of nitrogens with zero attached hydrogens (tertiary/aromatic N) is 1. The first-order valence-corrected chi connectivity index (χ1v) is 4.12. The second kappa shape index (κ2) is 4.46. The van der Waals surface area contributed by atoms with Crippen molar-refractivity contribution in [2.45, 2.75) is 6.92 Å². The number of terminal acetylenes is 1. The van der Waals surface area contributed by atoms with Gasteiger partial charge in [-0.05, 0) is 19.1 Å². The zero-order chi connectivity index (χ0) is 8.81. The van der Waals surface area contributed by atoms with Crippen molar-refractivity contribution in [2.75, 3.05) is 18.0 Å². The Labute approximate surface area is 74.0 Å². The van der Waals surface area contributed by atoms with Gasteiger partial charge in [0.2, 0.25) is 0 Å².